The average Bonchev–Trinajstić information content (AvgIpc) is 2.19. The van der Waals surface area contributed by atoms with Gasteiger partial charge >= 0.3 is 0 Å². The van der Waals surface area contributed by atoms with Gasteiger partial charge in [-0.15, -0.1) is 0 Å². The van der Waals surface area contributed by atoms with E-state index in [2.05, 4.69) is 32.8 Å². The molecule has 1 heterocycles. The minimum Gasteiger partial charge on any atom is -0.298 e. The molecular weight excluding hydrogens is 230 g/mol. The molecule has 0 radical (unpaired) electrons. The minimum atomic E-state index is 0.595. The Balaban J connectivity index is 2.88. The summed E-state index contributed by atoms with van der Waals surface area (Å²) in [5, 5.41) is 0.844. The Morgan fingerprint density at radius 1 is 1.62 bits per heavy atom. The molecule has 0 aliphatic rings. The predicted octanol–water partition coefficient (Wildman–Crippen LogP) is 2.03. The lowest BCUT2D eigenvalue weighted by molar-refractivity contribution is 0.112. The van der Waals surface area contributed by atoms with E-state index >= 15 is 0 Å². The van der Waals surface area contributed by atoms with Crippen LogP contribution in [0.5, 0.6) is 0 Å². The summed E-state index contributed by atoms with van der Waals surface area (Å²) in [6.07, 6.45) is 4.75. The van der Waals surface area contributed by atoms with Crippen LogP contribution in [0.2, 0.25) is 0 Å². The summed E-state index contributed by atoms with van der Waals surface area (Å²) in [4.78, 5) is 14.5. The molecule has 0 saturated carbocycles. The second-order valence-electron chi connectivity index (χ2n) is 2.32. The summed E-state index contributed by atoms with van der Waals surface area (Å²) in [7, 11) is 0. The lowest BCUT2D eigenvalue weighted by atomic mass is 10.1. The third kappa shape index (κ3) is 3.00. The Morgan fingerprint density at radius 3 is 3.15 bits per heavy atom. The molecule has 0 N–H and O–H groups in total. The van der Waals surface area contributed by atoms with E-state index in [0.29, 0.717) is 11.1 Å². The molecule has 13 heavy (non-hydrogen) atoms. The van der Waals surface area contributed by atoms with E-state index in [1.807, 2.05) is 0 Å². The molecule has 1 rings (SSSR count). The van der Waals surface area contributed by atoms with E-state index in [0.717, 1.165) is 18.0 Å². The SMILES string of the molecule is O=Cc1ccncc1C#CCCBr. The number of aromatic nitrogens is 1. The topological polar surface area (TPSA) is 30.0 Å². The largest absolute Gasteiger partial charge is 0.298 e. The maximum atomic E-state index is 10.6. The fourth-order valence-electron chi connectivity index (χ4n) is 0.817. The van der Waals surface area contributed by atoms with Gasteiger partial charge in [0.15, 0.2) is 6.29 Å². The summed E-state index contributed by atoms with van der Waals surface area (Å²) in [5.41, 5.74) is 1.29. The highest BCUT2D eigenvalue weighted by atomic mass is 79.9. The number of hydrogen-bond donors (Lipinski definition) is 0. The molecule has 0 saturated heterocycles. The molecule has 0 bridgehead atoms. The third-order valence-corrected chi connectivity index (χ3v) is 1.82. The average molecular weight is 238 g/mol. The monoisotopic (exact) mass is 237 g/mol. The van der Waals surface area contributed by atoms with Crippen LogP contribution < -0.4 is 0 Å². The zero-order chi connectivity index (χ0) is 9.52. The van der Waals surface area contributed by atoms with Crippen LogP contribution in [-0.4, -0.2) is 16.6 Å². The second kappa shape index (κ2) is 5.50. The van der Waals surface area contributed by atoms with Gasteiger partial charge in [-0.25, -0.2) is 0 Å². The van der Waals surface area contributed by atoms with Gasteiger partial charge in [-0.1, -0.05) is 27.8 Å². The Bertz CT molecular complexity index is 351. The van der Waals surface area contributed by atoms with Crippen LogP contribution in [0, 0.1) is 11.8 Å². The van der Waals surface area contributed by atoms with Gasteiger partial charge in [0.1, 0.15) is 0 Å². The number of carbonyl (C=O) groups excluding carboxylic acids is 1. The van der Waals surface area contributed by atoms with Crippen molar-refractivity contribution < 1.29 is 4.79 Å². The van der Waals surface area contributed by atoms with Crippen LogP contribution in [0.3, 0.4) is 0 Å². The number of aldehydes is 1. The molecule has 66 valence electrons. The van der Waals surface area contributed by atoms with Crippen molar-refractivity contribution in [2.75, 3.05) is 5.33 Å². The van der Waals surface area contributed by atoms with E-state index in [9.17, 15) is 4.79 Å². The fourth-order valence-corrected chi connectivity index (χ4v) is 1.02. The van der Waals surface area contributed by atoms with Crippen LogP contribution in [-0.2, 0) is 0 Å². The molecule has 0 fully saturated rings. The first-order valence-electron chi connectivity index (χ1n) is 3.82. The summed E-state index contributed by atoms with van der Waals surface area (Å²) in [5.74, 6) is 5.82. The van der Waals surface area contributed by atoms with Crippen LogP contribution in [0.15, 0.2) is 18.5 Å². The van der Waals surface area contributed by atoms with Crippen molar-refractivity contribution in [3.63, 3.8) is 0 Å². The number of carbonyl (C=O) groups is 1. The van der Waals surface area contributed by atoms with E-state index < -0.39 is 0 Å². The van der Waals surface area contributed by atoms with E-state index in [-0.39, 0.29) is 0 Å². The smallest absolute Gasteiger partial charge is 0.151 e. The second-order valence-corrected chi connectivity index (χ2v) is 3.11. The summed E-state index contributed by atoms with van der Waals surface area (Å²) >= 11 is 3.27. The third-order valence-electron chi connectivity index (χ3n) is 1.42. The lowest BCUT2D eigenvalue weighted by Gasteiger charge is -1.92. The van der Waals surface area contributed by atoms with Gasteiger partial charge in [0.05, 0.1) is 5.56 Å². The molecule has 0 spiro atoms. The highest BCUT2D eigenvalue weighted by Gasteiger charge is 1.95. The first-order valence-corrected chi connectivity index (χ1v) is 4.94. The molecule has 0 amide bonds. The summed E-state index contributed by atoms with van der Waals surface area (Å²) < 4.78 is 0. The van der Waals surface area contributed by atoms with E-state index in [4.69, 9.17) is 0 Å². The Morgan fingerprint density at radius 2 is 2.46 bits per heavy atom. The van der Waals surface area contributed by atoms with Crippen molar-refractivity contribution in [2.45, 2.75) is 6.42 Å². The summed E-state index contributed by atoms with van der Waals surface area (Å²) in [6.45, 7) is 0. The zero-order valence-electron chi connectivity index (χ0n) is 6.96. The molecule has 0 aromatic carbocycles. The molecule has 3 heteroatoms. The number of alkyl halides is 1. The fraction of sp³-hybridized carbons (Fsp3) is 0.200. The number of pyridine rings is 1. The molecule has 1 aromatic heterocycles. The zero-order valence-corrected chi connectivity index (χ0v) is 8.54. The number of hydrogen-bond acceptors (Lipinski definition) is 2. The lowest BCUT2D eigenvalue weighted by Crippen LogP contribution is -1.87. The van der Waals surface area contributed by atoms with Crippen molar-refractivity contribution >= 4 is 22.2 Å². The van der Waals surface area contributed by atoms with Crippen LogP contribution in [0.1, 0.15) is 22.3 Å². The van der Waals surface area contributed by atoms with E-state index in [1.165, 1.54) is 0 Å². The van der Waals surface area contributed by atoms with Crippen LogP contribution in [0.4, 0.5) is 0 Å². The maximum absolute atomic E-state index is 10.6. The number of halogens is 1. The number of nitrogens with zero attached hydrogens (tertiary/aromatic N) is 1. The molecular formula is C10H8BrNO. The molecule has 2 nitrogen and oxygen atoms in total. The van der Waals surface area contributed by atoms with Crippen molar-refractivity contribution in [3.05, 3.63) is 29.6 Å². The first kappa shape index (κ1) is 9.94. The quantitative estimate of drug-likeness (QED) is 0.448. The van der Waals surface area contributed by atoms with Gasteiger partial charge < -0.3 is 0 Å². The molecule has 0 unspecified atom stereocenters. The van der Waals surface area contributed by atoms with Crippen LogP contribution >= 0.6 is 15.9 Å². The van der Waals surface area contributed by atoms with Gasteiger partial charge in [0.25, 0.3) is 0 Å². The van der Waals surface area contributed by atoms with Gasteiger partial charge in [0.2, 0.25) is 0 Å². The predicted molar refractivity (Wildman–Crippen MR) is 54.9 cm³/mol. The maximum Gasteiger partial charge on any atom is 0.151 e. The Labute approximate surface area is 85.5 Å². The minimum absolute atomic E-state index is 0.595. The number of rotatable bonds is 2. The Hall–Kier alpha value is -1.14. The highest BCUT2D eigenvalue weighted by Crippen LogP contribution is 2.01. The molecule has 1 aromatic rings. The molecule has 0 aliphatic carbocycles. The normalized spacial score (nSPS) is 8.69. The first-order chi connectivity index (χ1) is 6.38. The molecule has 0 aliphatic heterocycles. The standard InChI is InChI=1S/C10H8BrNO/c11-5-2-1-3-9-7-12-6-4-10(9)8-13/h4,6-8H,2,5H2. The van der Waals surface area contributed by atoms with Crippen LogP contribution in [0.25, 0.3) is 0 Å². The van der Waals surface area contributed by atoms with Crippen molar-refractivity contribution in [1.29, 1.82) is 0 Å². The molecule has 0 atom stereocenters. The van der Waals surface area contributed by atoms with E-state index in [1.54, 1.807) is 18.5 Å². The van der Waals surface area contributed by atoms with Gasteiger partial charge in [-0.2, -0.15) is 0 Å². The summed E-state index contributed by atoms with van der Waals surface area (Å²) in [6, 6.07) is 1.66. The Kier molecular flexibility index (Phi) is 4.20. The van der Waals surface area contributed by atoms with Crippen molar-refractivity contribution in [3.8, 4) is 11.8 Å². The highest BCUT2D eigenvalue weighted by molar-refractivity contribution is 9.09. The van der Waals surface area contributed by atoms with Gasteiger partial charge in [0, 0.05) is 29.7 Å². The van der Waals surface area contributed by atoms with Crippen molar-refractivity contribution in [2.24, 2.45) is 0 Å². The van der Waals surface area contributed by atoms with Crippen molar-refractivity contribution in [1.82, 2.24) is 4.98 Å². The van der Waals surface area contributed by atoms with Gasteiger partial charge in [-0.05, 0) is 6.07 Å². The van der Waals surface area contributed by atoms with Gasteiger partial charge in [-0.3, -0.25) is 9.78 Å².